The summed E-state index contributed by atoms with van der Waals surface area (Å²) >= 11 is 7.58. The van der Waals surface area contributed by atoms with Crippen LogP contribution in [0.15, 0.2) is 23.8 Å². The second-order valence-corrected chi connectivity index (χ2v) is 7.34. The fraction of sp³-hybridized carbons (Fsp3) is 0.312. The molecule has 3 aromatic heterocycles. The van der Waals surface area contributed by atoms with Crippen LogP contribution in [0.3, 0.4) is 0 Å². The highest BCUT2D eigenvalue weighted by molar-refractivity contribution is 7.17. The van der Waals surface area contributed by atoms with E-state index >= 15 is 0 Å². The highest BCUT2D eigenvalue weighted by atomic mass is 35.5. The molecule has 1 amide bonds. The van der Waals surface area contributed by atoms with Crippen molar-refractivity contribution in [3.8, 4) is 17.3 Å². The van der Waals surface area contributed by atoms with Crippen molar-refractivity contribution in [3.05, 3.63) is 29.1 Å². The lowest BCUT2D eigenvalue weighted by Crippen LogP contribution is -2.63. The molecule has 126 valence electrons. The summed E-state index contributed by atoms with van der Waals surface area (Å²) in [7, 11) is 0. The molecule has 0 N–H and O–H groups in total. The lowest BCUT2D eigenvalue weighted by molar-refractivity contribution is -0.140. The molecule has 0 bridgehead atoms. The summed E-state index contributed by atoms with van der Waals surface area (Å²) in [6.45, 7) is 2.49. The van der Waals surface area contributed by atoms with Crippen LogP contribution >= 0.6 is 22.9 Å². The molecule has 0 atom stereocenters. The van der Waals surface area contributed by atoms with Crippen LogP contribution < -0.4 is 0 Å². The third-order valence-corrected chi connectivity index (χ3v) is 5.52. The molecule has 1 fully saturated rings. The fourth-order valence-electron chi connectivity index (χ4n) is 3.11. The smallest absolute Gasteiger partial charge is 0.223 e. The number of carbonyl (C=O) groups excluding carboxylic acids is 1. The number of amides is 1. The van der Waals surface area contributed by atoms with Crippen LogP contribution in [0, 0.1) is 11.3 Å². The van der Waals surface area contributed by atoms with Crippen molar-refractivity contribution >= 4 is 39.1 Å². The third-order valence-electron chi connectivity index (χ3n) is 4.44. The summed E-state index contributed by atoms with van der Waals surface area (Å²) in [6.07, 6.45) is 3.87. The molecular weight excluding hydrogens is 360 g/mol. The number of nitrogens with zero attached hydrogens (tertiary/aromatic N) is 6. The number of carbonyl (C=O) groups is 1. The van der Waals surface area contributed by atoms with Gasteiger partial charge in [-0.1, -0.05) is 0 Å². The molecule has 0 radical (unpaired) electrons. The van der Waals surface area contributed by atoms with Crippen molar-refractivity contribution in [3.63, 3.8) is 0 Å². The third kappa shape index (κ3) is 2.56. The number of nitriles is 1. The Bertz CT molecular complexity index is 1010. The first-order valence-electron chi connectivity index (χ1n) is 7.61. The lowest BCUT2D eigenvalue weighted by Gasteiger charge is -2.48. The Kier molecular flexibility index (Phi) is 3.71. The minimum absolute atomic E-state index is 0.00354. The van der Waals surface area contributed by atoms with E-state index in [2.05, 4.69) is 21.1 Å². The van der Waals surface area contributed by atoms with E-state index in [-0.39, 0.29) is 17.6 Å². The highest BCUT2D eigenvalue weighted by Crippen LogP contribution is 2.35. The van der Waals surface area contributed by atoms with Gasteiger partial charge in [0.25, 0.3) is 0 Å². The van der Waals surface area contributed by atoms with E-state index in [0.29, 0.717) is 13.1 Å². The zero-order valence-corrected chi connectivity index (χ0v) is 14.9. The molecule has 0 spiro atoms. The zero-order valence-electron chi connectivity index (χ0n) is 13.3. The SMILES string of the molecule is CC(=O)N1CC(CC#N)(n2cc(-c3nc(Cl)nc4ccsc34)cn2)C1. The van der Waals surface area contributed by atoms with Gasteiger partial charge in [0.2, 0.25) is 11.2 Å². The quantitative estimate of drug-likeness (QED) is 0.659. The Balaban J connectivity index is 1.73. The minimum atomic E-state index is -0.482. The van der Waals surface area contributed by atoms with Gasteiger partial charge in [-0.15, -0.1) is 11.3 Å². The van der Waals surface area contributed by atoms with Crippen molar-refractivity contribution in [1.29, 1.82) is 5.26 Å². The van der Waals surface area contributed by atoms with Crippen molar-refractivity contribution in [2.75, 3.05) is 13.1 Å². The van der Waals surface area contributed by atoms with Gasteiger partial charge >= 0.3 is 0 Å². The van der Waals surface area contributed by atoms with E-state index in [1.807, 2.05) is 17.6 Å². The molecule has 1 saturated heterocycles. The summed E-state index contributed by atoms with van der Waals surface area (Å²) < 4.78 is 2.72. The van der Waals surface area contributed by atoms with Crippen LogP contribution in [0.4, 0.5) is 0 Å². The lowest BCUT2D eigenvalue weighted by atomic mass is 9.87. The van der Waals surface area contributed by atoms with Gasteiger partial charge in [-0.2, -0.15) is 10.4 Å². The normalized spacial score (nSPS) is 15.8. The minimum Gasteiger partial charge on any atom is -0.338 e. The number of thiophene rings is 1. The molecule has 0 aromatic carbocycles. The van der Waals surface area contributed by atoms with Crippen LogP contribution in [0.25, 0.3) is 21.5 Å². The number of rotatable bonds is 3. The summed E-state index contributed by atoms with van der Waals surface area (Å²) in [5, 5.41) is 15.8. The van der Waals surface area contributed by atoms with Crippen molar-refractivity contribution in [2.24, 2.45) is 0 Å². The van der Waals surface area contributed by atoms with E-state index in [0.717, 1.165) is 21.5 Å². The Labute approximate surface area is 152 Å². The van der Waals surface area contributed by atoms with Crippen molar-refractivity contribution in [1.82, 2.24) is 24.6 Å². The fourth-order valence-corrected chi connectivity index (χ4v) is 4.13. The van der Waals surface area contributed by atoms with Crippen LogP contribution in [0.2, 0.25) is 5.28 Å². The molecule has 9 heteroatoms. The molecule has 0 saturated carbocycles. The number of hydrogen-bond acceptors (Lipinski definition) is 6. The Morgan fingerprint density at radius 2 is 2.28 bits per heavy atom. The monoisotopic (exact) mass is 372 g/mol. The maximum absolute atomic E-state index is 11.5. The molecule has 0 unspecified atom stereocenters. The van der Waals surface area contributed by atoms with Crippen LogP contribution in [0.5, 0.6) is 0 Å². The standard InChI is InChI=1S/C16H13ClN6OS/c1-10(24)22-8-16(9-22,3-4-18)23-7-11(6-19-23)13-14-12(2-5-25-14)20-15(17)21-13/h2,5-7H,3,8-9H2,1H3. The van der Waals surface area contributed by atoms with E-state index in [4.69, 9.17) is 11.6 Å². The van der Waals surface area contributed by atoms with Gasteiger partial charge < -0.3 is 4.90 Å². The zero-order chi connectivity index (χ0) is 17.6. The number of aromatic nitrogens is 4. The second kappa shape index (κ2) is 5.79. The summed E-state index contributed by atoms with van der Waals surface area (Å²) in [6, 6.07) is 4.11. The largest absolute Gasteiger partial charge is 0.338 e. The Hall–Kier alpha value is -2.50. The predicted octanol–water partition coefficient (Wildman–Crippen LogP) is 2.68. The average molecular weight is 373 g/mol. The first kappa shape index (κ1) is 16.0. The maximum Gasteiger partial charge on any atom is 0.223 e. The van der Waals surface area contributed by atoms with Crippen molar-refractivity contribution in [2.45, 2.75) is 18.9 Å². The second-order valence-electron chi connectivity index (χ2n) is 6.08. The summed E-state index contributed by atoms with van der Waals surface area (Å²) in [4.78, 5) is 21.8. The van der Waals surface area contributed by atoms with Crippen LogP contribution in [-0.4, -0.2) is 43.6 Å². The summed E-state index contributed by atoms with van der Waals surface area (Å²) in [5.41, 5.74) is 1.86. The van der Waals surface area contributed by atoms with Gasteiger partial charge in [0, 0.05) is 31.8 Å². The molecule has 4 heterocycles. The molecule has 0 aliphatic carbocycles. The van der Waals surface area contributed by atoms with E-state index < -0.39 is 5.54 Å². The summed E-state index contributed by atoms with van der Waals surface area (Å²) in [5.74, 6) is 0.00354. The molecule has 4 rings (SSSR count). The van der Waals surface area contributed by atoms with E-state index in [9.17, 15) is 10.1 Å². The molecule has 7 nitrogen and oxygen atoms in total. The predicted molar refractivity (Wildman–Crippen MR) is 94.1 cm³/mol. The molecule has 25 heavy (non-hydrogen) atoms. The van der Waals surface area contributed by atoms with Crippen LogP contribution in [-0.2, 0) is 10.3 Å². The number of fused-ring (bicyclic) bond motifs is 1. The van der Waals surface area contributed by atoms with Gasteiger partial charge in [0.1, 0.15) is 5.54 Å². The molecule has 1 aliphatic heterocycles. The average Bonchev–Trinajstić information content (AvgIpc) is 3.18. The van der Waals surface area contributed by atoms with Gasteiger partial charge in [-0.05, 0) is 23.0 Å². The first-order valence-corrected chi connectivity index (χ1v) is 8.87. The Morgan fingerprint density at radius 3 is 3.00 bits per heavy atom. The molecule has 1 aliphatic rings. The van der Waals surface area contributed by atoms with E-state index in [1.54, 1.807) is 27.1 Å². The van der Waals surface area contributed by atoms with Gasteiger partial charge in [0.05, 0.1) is 34.6 Å². The number of hydrogen-bond donors (Lipinski definition) is 0. The van der Waals surface area contributed by atoms with Gasteiger partial charge in [0.15, 0.2) is 0 Å². The van der Waals surface area contributed by atoms with E-state index in [1.165, 1.54) is 6.92 Å². The highest BCUT2D eigenvalue weighted by Gasteiger charge is 2.46. The first-order chi connectivity index (χ1) is 12.0. The van der Waals surface area contributed by atoms with Crippen LogP contribution in [0.1, 0.15) is 13.3 Å². The van der Waals surface area contributed by atoms with Gasteiger partial charge in [-0.25, -0.2) is 9.97 Å². The Morgan fingerprint density at radius 1 is 1.48 bits per heavy atom. The molecule has 3 aromatic rings. The topological polar surface area (TPSA) is 87.7 Å². The number of likely N-dealkylation sites (tertiary alicyclic amines) is 1. The molecular formula is C16H13ClN6OS. The van der Waals surface area contributed by atoms with Crippen molar-refractivity contribution < 1.29 is 4.79 Å². The maximum atomic E-state index is 11.5. The number of halogens is 1. The van der Waals surface area contributed by atoms with Gasteiger partial charge in [-0.3, -0.25) is 9.48 Å².